The Morgan fingerprint density at radius 2 is 1.96 bits per heavy atom. The van der Waals surface area contributed by atoms with Gasteiger partial charge in [-0.25, -0.2) is 4.39 Å². The second kappa shape index (κ2) is 6.75. The number of rotatable bonds is 4. The Morgan fingerprint density at radius 1 is 1.15 bits per heavy atom. The second-order valence-electron chi connectivity index (χ2n) is 8.23. The zero-order chi connectivity index (χ0) is 17.6. The third-order valence-electron chi connectivity index (χ3n) is 6.44. The number of hydrogen-bond acceptors (Lipinski definition) is 5. The number of ether oxygens (including phenoxy) is 3. The van der Waals surface area contributed by atoms with Crippen molar-refractivity contribution < 1.29 is 18.6 Å². The molecule has 1 atom stereocenters. The van der Waals surface area contributed by atoms with E-state index in [2.05, 4.69) is 10.2 Å². The standard InChI is InChI=1S/C20H27FN2O3/c21-15-1-2-19(26-17-10-24-11-17)18(7-15)14-3-5-23(6-4-14)16-8-20(25-9-16)12-22-13-20/h1-2,7,14,16-17,22H,3-6,8-13H2/t16-/m0/s1. The van der Waals surface area contributed by atoms with Crippen molar-refractivity contribution in [1.82, 2.24) is 10.2 Å². The van der Waals surface area contributed by atoms with Crippen LogP contribution in [0.5, 0.6) is 5.75 Å². The van der Waals surface area contributed by atoms with Gasteiger partial charge < -0.3 is 19.5 Å². The number of nitrogens with zero attached hydrogens (tertiary/aromatic N) is 1. The van der Waals surface area contributed by atoms with Crippen LogP contribution in [0.25, 0.3) is 0 Å². The molecule has 0 unspecified atom stereocenters. The molecule has 1 spiro atoms. The maximum atomic E-state index is 13.9. The zero-order valence-electron chi connectivity index (χ0n) is 15.1. The van der Waals surface area contributed by atoms with E-state index in [-0.39, 0.29) is 17.5 Å². The van der Waals surface area contributed by atoms with Crippen molar-refractivity contribution in [2.24, 2.45) is 0 Å². The maximum absolute atomic E-state index is 13.9. The van der Waals surface area contributed by atoms with Crippen molar-refractivity contribution in [3.8, 4) is 5.75 Å². The minimum absolute atomic E-state index is 0.107. The van der Waals surface area contributed by atoms with Gasteiger partial charge in [0.25, 0.3) is 0 Å². The molecule has 4 aliphatic rings. The van der Waals surface area contributed by atoms with Gasteiger partial charge in [0, 0.05) is 24.7 Å². The number of halogens is 1. The Bertz CT molecular complexity index is 654. The van der Waals surface area contributed by atoms with Crippen molar-refractivity contribution in [3.63, 3.8) is 0 Å². The fraction of sp³-hybridized carbons (Fsp3) is 0.700. The average molecular weight is 362 g/mol. The topological polar surface area (TPSA) is 43.0 Å². The highest BCUT2D eigenvalue weighted by Crippen LogP contribution is 2.38. The summed E-state index contributed by atoms with van der Waals surface area (Å²) in [5.74, 6) is 1.02. The summed E-state index contributed by atoms with van der Waals surface area (Å²) < 4.78 is 31.2. The smallest absolute Gasteiger partial charge is 0.145 e. The molecule has 6 heteroatoms. The van der Waals surface area contributed by atoms with Gasteiger partial charge in [0.05, 0.1) is 25.4 Å². The highest BCUT2D eigenvalue weighted by Gasteiger charge is 2.47. The first kappa shape index (κ1) is 16.9. The first-order valence-electron chi connectivity index (χ1n) is 9.83. The van der Waals surface area contributed by atoms with Crippen LogP contribution in [-0.2, 0) is 9.47 Å². The molecule has 142 valence electrons. The van der Waals surface area contributed by atoms with E-state index in [0.29, 0.717) is 25.2 Å². The Morgan fingerprint density at radius 3 is 2.58 bits per heavy atom. The predicted molar refractivity (Wildman–Crippen MR) is 95.1 cm³/mol. The summed E-state index contributed by atoms with van der Waals surface area (Å²) in [6, 6.07) is 5.49. The fourth-order valence-electron chi connectivity index (χ4n) is 4.69. The van der Waals surface area contributed by atoms with E-state index < -0.39 is 0 Å². The zero-order valence-corrected chi connectivity index (χ0v) is 15.1. The molecule has 0 amide bonds. The van der Waals surface area contributed by atoms with Gasteiger partial charge in [-0.2, -0.15) is 0 Å². The summed E-state index contributed by atoms with van der Waals surface area (Å²) in [4.78, 5) is 2.57. The molecule has 0 saturated carbocycles. The molecule has 4 saturated heterocycles. The van der Waals surface area contributed by atoms with E-state index in [0.717, 1.165) is 63.4 Å². The lowest BCUT2D eigenvalue weighted by Gasteiger charge is -2.40. The Balaban J connectivity index is 1.23. The molecule has 1 N–H and O–H groups in total. The third-order valence-corrected chi connectivity index (χ3v) is 6.44. The van der Waals surface area contributed by atoms with E-state index in [1.807, 2.05) is 0 Å². The molecule has 0 aliphatic carbocycles. The summed E-state index contributed by atoms with van der Waals surface area (Å²) in [6.45, 7) is 6.20. The third kappa shape index (κ3) is 3.13. The van der Waals surface area contributed by atoms with Gasteiger partial charge in [0.1, 0.15) is 17.7 Å². The number of hydrogen-bond donors (Lipinski definition) is 1. The predicted octanol–water partition coefficient (Wildman–Crippen LogP) is 1.91. The molecule has 0 aromatic heterocycles. The number of piperidine rings is 1. The lowest BCUT2D eigenvalue weighted by molar-refractivity contribution is -0.0802. The van der Waals surface area contributed by atoms with Crippen molar-refractivity contribution in [2.45, 2.75) is 42.9 Å². The average Bonchev–Trinajstić information content (AvgIpc) is 3.05. The van der Waals surface area contributed by atoms with Gasteiger partial charge in [-0.05, 0) is 56.5 Å². The van der Waals surface area contributed by atoms with Crippen LogP contribution < -0.4 is 10.1 Å². The molecular weight excluding hydrogens is 335 g/mol. The molecule has 1 aromatic rings. The summed E-state index contributed by atoms with van der Waals surface area (Å²) in [7, 11) is 0. The molecule has 0 bridgehead atoms. The number of benzene rings is 1. The van der Waals surface area contributed by atoms with Gasteiger partial charge >= 0.3 is 0 Å². The first-order chi connectivity index (χ1) is 12.7. The molecule has 5 rings (SSSR count). The second-order valence-corrected chi connectivity index (χ2v) is 8.23. The minimum atomic E-state index is -0.178. The van der Waals surface area contributed by atoms with Gasteiger partial charge in [-0.1, -0.05) is 0 Å². The van der Waals surface area contributed by atoms with Crippen LogP contribution in [0.3, 0.4) is 0 Å². The van der Waals surface area contributed by atoms with E-state index in [9.17, 15) is 4.39 Å². The normalized spacial score (nSPS) is 29.5. The van der Waals surface area contributed by atoms with Crippen LogP contribution >= 0.6 is 0 Å². The molecule has 4 fully saturated rings. The van der Waals surface area contributed by atoms with Crippen LogP contribution in [0.2, 0.25) is 0 Å². The minimum Gasteiger partial charge on any atom is -0.485 e. The highest BCUT2D eigenvalue weighted by atomic mass is 19.1. The van der Waals surface area contributed by atoms with E-state index >= 15 is 0 Å². The molecule has 5 nitrogen and oxygen atoms in total. The Kier molecular flexibility index (Phi) is 4.39. The summed E-state index contributed by atoms with van der Waals surface area (Å²) >= 11 is 0. The Hall–Kier alpha value is -1.21. The van der Waals surface area contributed by atoms with Gasteiger partial charge in [-0.3, -0.25) is 4.90 Å². The summed E-state index contributed by atoms with van der Waals surface area (Å²) in [5, 5.41) is 3.33. The highest BCUT2D eigenvalue weighted by molar-refractivity contribution is 5.37. The van der Waals surface area contributed by atoms with Crippen LogP contribution in [-0.4, -0.2) is 68.6 Å². The van der Waals surface area contributed by atoms with E-state index in [1.54, 1.807) is 12.1 Å². The van der Waals surface area contributed by atoms with Crippen molar-refractivity contribution in [2.75, 3.05) is 46.0 Å². The van der Waals surface area contributed by atoms with Crippen LogP contribution in [0.4, 0.5) is 4.39 Å². The van der Waals surface area contributed by atoms with Crippen molar-refractivity contribution in [3.05, 3.63) is 29.6 Å². The van der Waals surface area contributed by atoms with Gasteiger partial charge in [-0.15, -0.1) is 0 Å². The Labute approximate surface area is 153 Å². The van der Waals surface area contributed by atoms with Crippen molar-refractivity contribution >= 4 is 0 Å². The lowest BCUT2D eigenvalue weighted by Crippen LogP contribution is -2.59. The maximum Gasteiger partial charge on any atom is 0.145 e. The molecular formula is C20H27FN2O3. The first-order valence-corrected chi connectivity index (χ1v) is 9.83. The lowest BCUT2D eigenvalue weighted by atomic mass is 9.86. The number of nitrogens with one attached hydrogen (secondary N) is 1. The van der Waals surface area contributed by atoms with Crippen molar-refractivity contribution in [1.29, 1.82) is 0 Å². The van der Waals surface area contributed by atoms with Gasteiger partial charge in [0.2, 0.25) is 0 Å². The number of likely N-dealkylation sites (tertiary alicyclic amines) is 1. The summed E-state index contributed by atoms with van der Waals surface area (Å²) in [6.07, 6.45) is 3.34. The molecule has 0 radical (unpaired) electrons. The van der Waals surface area contributed by atoms with Crippen LogP contribution in [0.1, 0.15) is 30.7 Å². The molecule has 26 heavy (non-hydrogen) atoms. The monoisotopic (exact) mass is 362 g/mol. The largest absolute Gasteiger partial charge is 0.485 e. The molecule has 4 aliphatic heterocycles. The molecule has 1 aromatic carbocycles. The quantitative estimate of drug-likeness (QED) is 0.886. The van der Waals surface area contributed by atoms with Crippen LogP contribution in [0, 0.1) is 5.82 Å². The van der Waals surface area contributed by atoms with E-state index in [4.69, 9.17) is 14.2 Å². The fourth-order valence-corrected chi connectivity index (χ4v) is 4.69. The van der Waals surface area contributed by atoms with E-state index in [1.165, 1.54) is 6.07 Å². The SMILES string of the molecule is Fc1ccc(OC2COC2)c(C2CCN([C@@H]3COC4(CNC4)C3)CC2)c1. The summed E-state index contributed by atoms with van der Waals surface area (Å²) in [5.41, 5.74) is 1.13. The van der Waals surface area contributed by atoms with Gasteiger partial charge in [0.15, 0.2) is 0 Å². The van der Waals surface area contributed by atoms with Crippen LogP contribution in [0.15, 0.2) is 18.2 Å². The molecule has 4 heterocycles.